The van der Waals surface area contributed by atoms with Crippen molar-refractivity contribution in [3.8, 4) is 0 Å². The molecule has 2 aromatic carbocycles. The van der Waals surface area contributed by atoms with Gasteiger partial charge >= 0.3 is 0 Å². The average Bonchev–Trinajstić information content (AvgIpc) is 2.37. The van der Waals surface area contributed by atoms with E-state index in [1.165, 1.54) is 18.2 Å². The normalized spacial score (nSPS) is 10.3. The lowest BCUT2D eigenvalue weighted by Gasteiger charge is -2.10. The maximum atomic E-state index is 13.8. The molecule has 0 aliphatic heterocycles. The van der Waals surface area contributed by atoms with Crippen LogP contribution in [-0.4, -0.2) is 4.99 Å². The van der Waals surface area contributed by atoms with E-state index in [2.05, 4.69) is 17.5 Å². The second-order valence-corrected chi connectivity index (χ2v) is 4.60. The molecular formula is C14H11F3N2S. The molecule has 2 aromatic rings. The van der Waals surface area contributed by atoms with Crippen LogP contribution in [0.25, 0.3) is 0 Å². The average molecular weight is 296 g/mol. The van der Waals surface area contributed by atoms with Gasteiger partial charge in [-0.1, -0.05) is 24.4 Å². The molecule has 0 spiro atoms. The van der Waals surface area contributed by atoms with Crippen molar-refractivity contribution in [2.24, 2.45) is 5.73 Å². The Morgan fingerprint density at radius 2 is 1.75 bits per heavy atom. The highest BCUT2D eigenvalue weighted by atomic mass is 32.1. The number of nitrogens with one attached hydrogen (secondary N) is 1. The summed E-state index contributed by atoms with van der Waals surface area (Å²) in [6.45, 7) is 0.0953. The van der Waals surface area contributed by atoms with Crippen molar-refractivity contribution in [2.75, 3.05) is 5.32 Å². The third-order valence-corrected chi connectivity index (χ3v) is 2.92. The van der Waals surface area contributed by atoms with E-state index in [0.717, 1.165) is 12.1 Å². The van der Waals surface area contributed by atoms with Crippen LogP contribution in [0.15, 0.2) is 36.4 Å². The fraction of sp³-hybridized carbons (Fsp3) is 0.0714. The van der Waals surface area contributed by atoms with Gasteiger partial charge in [0.1, 0.15) is 28.1 Å². The molecule has 0 saturated heterocycles. The van der Waals surface area contributed by atoms with E-state index in [1.54, 1.807) is 6.07 Å². The van der Waals surface area contributed by atoms with Crippen LogP contribution < -0.4 is 11.1 Å². The van der Waals surface area contributed by atoms with Crippen LogP contribution >= 0.6 is 12.2 Å². The zero-order valence-electron chi connectivity index (χ0n) is 10.3. The summed E-state index contributed by atoms with van der Waals surface area (Å²) < 4.78 is 40.5. The summed E-state index contributed by atoms with van der Waals surface area (Å²) in [4.78, 5) is -0.0838. The smallest absolute Gasteiger partial charge is 0.150 e. The molecule has 104 valence electrons. The summed E-state index contributed by atoms with van der Waals surface area (Å²) in [5, 5.41) is 2.59. The molecular weight excluding hydrogens is 285 g/mol. The molecule has 0 unspecified atom stereocenters. The van der Waals surface area contributed by atoms with Gasteiger partial charge in [-0.15, -0.1) is 0 Å². The molecule has 0 amide bonds. The fourth-order valence-corrected chi connectivity index (χ4v) is 1.84. The Morgan fingerprint density at radius 1 is 1.10 bits per heavy atom. The maximum absolute atomic E-state index is 13.8. The SMILES string of the molecule is NC(=S)c1cc(F)c(NCc2cccc(F)c2)c(F)c1. The van der Waals surface area contributed by atoms with Crippen molar-refractivity contribution in [3.63, 3.8) is 0 Å². The number of rotatable bonds is 4. The first-order valence-electron chi connectivity index (χ1n) is 5.74. The first kappa shape index (κ1) is 14.3. The van der Waals surface area contributed by atoms with Gasteiger partial charge < -0.3 is 11.1 Å². The van der Waals surface area contributed by atoms with Crippen molar-refractivity contribution in [1.29, 1.82) is 0 Å². The molecule has 0 atom stereocenters. The fourth-order valence-electron chi connectivity index (χ4n) is 1.72. The first-order chi connectivity index (χ1) is 9.47. The van der Waals surface area contributed by atoms with Crippen LogP contribution in [0.5, 0.6) is 0 Å². The second-order valence-electron chi connectivity index (χ2n) is 4.16. The minimum atomic E-state index is -0.802. The molecule has 20 heavy (non-hydrogen) atoms. The summed E-state index contributed by atoms with van der Waals surface area (Å²) in [7, 11) is 0. The van der Waals surface area contributed by atoms with Crippen molar-refractivity contribution < 1.29 is 13.2 Å². The van der Waals surface area contributed by atoms with Crippen molar-refractivity contribution >= 4 is 22.9 Å². The zero-order valence-corrected chi connectivity index (χ0v) is 11.1. The highest BCUT2D eigenvalue weighted by Crippen LogP contribution is 2.21. The van der Waals surface area contributed by atoms with Gasteiger partial charge in [0.2, 0.25) is 0 Å². The minimum absolute atomic E-state index is 0.0838. The lowest BCUT2D eigenvalue weighted by Crippen LogP contribution is -2.12. The molecule has 2 rings (SSSR count). The van der Waals surface area contributed by atoms with Crippen LogP contribution in [0, 0.1) is 17.5 Å². The van der Waals surface area contributed by atoms with Crippen LogP contribution in [0.1, 0.15) is 11.1 Å². The Balaban J connectivity index is 2.20. The predicted molar refractivity (Wildman–Crippen MR) is 76.0 cm³/mol. The van der Waals surface area contributed by atoms with Gasteiger partial charge in [0.15, 0.2) is 0 Å². The van der Waals surface area contributed by atoms with Crippen molar-refractivity contribution in [3.05, 3.63) is 65.0 Å². The highest BCUT2D eigenvalue weighted by molar-refractivity contribution is 7.80. The van der Waals surface area contributed by atoms with Gasteiger partial charge in [0.05, 0.1) is 0 Å². The third-order valence-electron chi connectivity index (χ3n) is 2.68. The maximum Gasteiger partial charge on any atom is 0.150 e. The Morgan fingerprint density at radius 3 is 2.30 bits per heavy atom. The van der Waals surface area contributed by atoms with Crippen LogP contribution in [0.3, 0.4) is 0 Å². The summed E-state index contributed by atoms with van der Waals surface area (Å²) >= 11 is 4.66. The topological polar surface area (TPSA) is 38.0 Å². The lowest BCUT2D eigenvalue weighted by atomic mass is 10.1. The van der Waals surface area contributed by atoms with E-state index in [0.29, 0.717) is 5.56 Å². The van der Waals surface area contributed by atoms with Gasteiger partial charge in [-0.25, -0.2) is 13.2 Å². The molecule has 0 aliphatic carbocycles. The molecule has 0 heterocycles. The molecule has 0 radical (unpaired) electrons. The lowest BCUT2D eigenvalue weighted by molar-refractivity contribution is 0.587. The number of benzene rings is 2. The molecule has 2 nitrogen and oxygen atoms in total. The largest absolute Gasteiger partial charge is 0.389 e. The van der Waals surface area contributed by atoms with E-state index in [1.807, 2.05) is 0 Å². The second kappa shape index (κ2) is 5.92. The van der Waals surface area contributed by atoms with Crippen LogP contribution in [0.2, 0.25) is 0 Å². The molecule has 0 fully saturated rings. The van der Waals surface area contributed by atoms with E-state index >= 15 is 0 Å². The summed E-state index contributed by atoms with van der Waals surface area (Å²) in [6.07, 6.45) is 0. The van der Waals surface area contributed by atoms with E-state index < -0.39 is 17.5 Å². The first-order valence-corrected chi connectivity index (χ1v) is 6.15. The summed E-state index contributed by atoms with van der Waals surface area (Å²) in [6, 6.07) is 7.86. The number of hydrogen-bond donors (Lipinski definition) is 2. The monoisotopic (exact) mass is 296 g/mol. The Labute approximate surface area is 119 Å². The molecule has 6 heteroatoms. The Bertz CT molecular complexity index is 636. The van der Waals surface area contributed by atoms with E-state index in [9.17, 15) is 13.2 Å². The van der Waals surface area contributed by atoms with Gasteiger partial charge in [-0.05, 0) is 29.8 Å². The highest BCUT2D eigenvalue weighted by Gasteiger charge is 2.12. The Kier molecular flexibility index (Phi) is 4.24. The number of anilines is 1. The van der Waals surface area contributed by atoms with Gasteiger partial charge in [0, 0.05) is 12.1 Å². The molecule has 3 N–H and O–H groups in total. The van der Waals surface area contributed by atoms with Gasteiger partial charge in [-0.3, -0.25) is 0 Å². The summed E-state index contributed by atoms with van der Waals surface area (Å²) in [5.74, 6) is -2.01. The number of halogens is 3. The predicted octanol–water partition coefficient (Wildman–Crippen LogP) is 3.35. The number of thiocarbonyl (C=S) groups is 1. The third kappa shape index (κ3) is 3.27. The van der Waals surface area contributed by atoms with E-state index in [4.69, 9.17) is 5.73 Å². The standard InChI is InChI=1S/C14H11F3N2S/c15-10-3-1-2-8(4-10)7-19-13-11(16)5-9(14(18)20)6-12(13)17/h1-6,19H,7H2,(H2,18,20). The zero-order chi connectivity index (χ0) is 14.7. The van der Waals surface area contributed by atoms with Crippen LogP contribution in [0.4, 0.5) is 18.9 Å². The number of hydrogen-bond acceptors (Lipinski definition) is 2. The Hall–Kier alpha value is -2.08. The molecule has 0 saturated carbocycles. The number of nitrogens with two attached hydrogens (primary N) is 1. The van der Waals surface area contributed by atoms with Crippen molar-refractivity contribution in [1.82, 2.24) is 0 Å². The van der Waals surface area contributed by atoms with Crippen molar-refractivity contribution in [2.45, 2.75) is 6.54 Å². The van der Waals surface area contributed by atoms with Gasteiger partial charge in [0.25, 0.3) is 0 Å². The molecule has 0 bridgehead atoms. The van der Waals surface area contributed by atoms with Crippen LogP contribution in [-0.2, 0) is 6.54 Å². The molecule has 0 aliphatic rings. The summed E-state index contributed by atoms with van der Waals surface area (Å²) in [5.41, 5.74) is 5.71. The van der Waals surface area contributed by atoms with Gasteiger partial charge in [-0.2, -0.15) is 0 Å². The van der Waals surface area contributed by atoms with E-state index in [-0.39, 0.29) is 22.8 Å². The minimum Gasteiger partial charge on any atom is -0.389 e. The quantitative estimate of drug-likeness (QED) is 0.850. The molecule has 0 aromatic heterocycles.